The molecule has 4 rings (SSSR count). The van der Waals surface area contributed by atoms with Crippen LogP contribution in [0.5, 0.6) is 5.75 Å². The highest BCUT2D eigenvalue weighted by Gasteiger charge is 2.42. The van der Waals surface area contributed by atoms with E-state index in [1.165, 1.54) is 0 Å². The van der Waals surface area contributed by atoms with Crippen molar-refractivity contribution < 1.29 is 33.3 Å². The first-order valence-corrected chi connectivity index (χ1v) is 13.7. The highest BCUT2D eigenvalue weighted by atomic mass is 16.6. The summed E-state index contributed by atoms with van der Waals surface area (Å²) in [5, 5.41) is 2.10. The van der Waals surface area contributed by atoms with Gasteiger partial charge >= 0.3 is 6.09 Å². The van der Waals surface area contributed by atoms with Gasteiger partial charge in [-0.3, -0.25) is 4.79 Å². The Balaban J connectivity index is 1.54. The monoisotopic (exact) mass is 542 g/mol. The summed E-state index contributed by atoms with van der Waals surface area (Å²) in [5.41, 5.74) is 0.356. The summed E-state index contributed by atoms with van der Waals surface area (Å²) in [7, 11) is 3.26. The fourth-order valence-electron chi connectivity index (χ4n) is 4.81. The lowest BCUT2D eigenvalue weighted by Gasteiger charge is -2.39. The number of hydrogen-bond donors (Lipinski definition) is 0. The maximum atomic E-state index is 13.9. The van der Waals surface area contributed by atoms with Gasteiger partial charge in [0, 0.05) is 45.2 Å². The number of methoxy groups -OCH3 is 2. The molecule has 1 saturated carbocycles. The molecule has 39 heavy (non-hydrogen) atoms. The van der Waals surface area contributed by atoms with Crippen molar-refractivity contribution in [1.29, 1.82) is 0 Å². The van der Waals surface area contributed by atoms with Crippen molar-refractivity contribution in [3.05, 3.63) is 42.0 Å². The van der Waals surface area contributed by atoms with Crippen molar-refractivity contribution in [2.24, 2.45) is 0 Å². The van der Waals surface area contributed by atoms with Gasteiger partial charge in [0.1, 0.15) is 11.4 Å². The average molecular weight is 543 g/mol. The average Bonchev–Trinajstić information content (AvgIpc) is 3.74. The van der Waals surface area contributed by atoms with Gasteiger partial charge in [0.25, 0.3) is 5.91 Å². The number of rotatable bonds is 11. The topological polar surface area (TPSA) is 86.8 Å². The molecule has 1 aliphatic carbocycles. The molecule has 2 aromatic rings. The predicted octanol–water partition coefficient (Wildman–Crippen LogP) is 4.40. The molecular formula is C30H42N2O7. The van der Waals surface area contributed by atoms with E-state index in [0.717, 1.165) is 41.3 Å². The Kier molecular flexibility index (Phi) is 9.69. The van der Waals surface area contributed by atoms with Crippen molar-refractivity contribution in [3.8, 4) is 5.75 Å². The lowest BCUT2D eigenvalue weighted by atomic mass is 10.0. The molecule has 0 bridgehead atoms. The van der Waals surface area contributed by atoms with Gasteiger partial charge in [-0.05, 0) is 56.7 Å². The molecule has 214 valence electrons. The molecule has 2 aliphatic rings. The first-order chi connectivity index (χ1) is 18.7. The summed E-state index contributed by atoms with van der Waals surface area (Å²) in [6.45, 7) is 7.83. The van der Waals surface area contributed by atoms with Crippen molar-refractivity contribution >= 4 is 22.8 Å². The van der Waals surface area contributed by atoms with Crippen LogP contribution in [0, 0.1) is 0 Å². The van der Waals surface area contributed by atoms with Gasteiger partial charge in [-0.1, -0.05) is 24.3 Å². The molecule has 0 radical (unpaired) electrons. The normalized spacial score (nSPS) is 19.7. The third kappa shape index (κ3) is 8.06. The molecule has 0 aromatic heterocycles. The molecule has 0 unspecified atom stereocenters. The fraction of sp³-hybridized carbons (Fsp3) is 0.600. The van der Waals surface area contributed by atoms with Crippen molar-refractivity contribution in [2.75, 3.05) is 47.1 Å². The number of hydrogen-bond acceptors (Lipinski definition) is 7. The van der Waals surface area contributed by atoms with E-state index < -0.39 is 23.9 Å². The van der Waals surface area contributed by atoms with Crippen LogP contribution in [-0.2, 0) is 30.3 Å². The molecule has 2 atom stereocenters. The van der Waals surface area contributed by atoms with Crippen molar-refractivity contribution in [1.82, 2.24) is 9.80 Å². The van der Waals surface area contributed by atoms with E-state index in [4.69, 9.17) is 23.7 Å². The highest BCUT2D eigenvalue weighted by molar-refractivity contribution is 5.89. The third-order valence-corrected chi connectivity index (χ3v) is 6.70. The number of ether oxygens (including phenoxy) is 5. The maximum absolute atomic E-state index is 13.9. The number of fused-ring (bicyclic) bond motifs is 1. The minimum Gasteiger partial charge on any atom is -0.493 e. The summed E-state index contributed by atoms with van der Waals surface area (Å²) >= 11 is 0. The molecule has 2 fully saturated rings. The molecule has 9 nitrogen and oxygen atoms in total. The summed E-state index contributed by atoms with van der Waals surface area (Å²) < 4.78 is 28.4. The largest absolute Gasteiger partial charge is 0.493 e. The number of benzene rings is 2. The van der Waals surface area contributed by atoms with Crippen LogP contribution in [0.15, 0.2) is 36.4 Å². The fourth-order valence-corrected chi connectivity index (χ4v) is 4.81. The molecule has 1 saturated heterocycles. The second-order valence-electron chi connectivity index (χ2n) is 11.3. The Hall–Kier alpha value is -2.88. The molecule has 9 heteroatoms. The second-order valence-corrected chi connectivity index (χ2v) is 11.3. The SMILES string of the molecule is COCCCOc1cc(CN(C(=O)[C@H]2CN(C(=O)OC(C)(C)C)C[C@@H](COC)O2)C2CC2)cc2ccccc12. The molecule has 1 heterocycles. The smallest absolute Gasteiger partial charge is 0.410 e. The molecule has 0 N–H and O–H groups in total. The first-order valence-electron chi connectivity index (χ1n) is 13.7. The standard InChI is InChI=1S/C30H42N2O7/c1-30(2,3)39-29(34)31-18-24(20-36-5)38-27(19-31)28(33)32(23-11-12-23)17-21-15-22-9-6-7-10-25(22)26(16-21)37-14-8-13-35-4/h6-7,9-10,15-16,23-24,27H,8,11-14,17-20H2,1-5H3/t24-,27+/m0/s1. The van der Waals surface area contributed by atoms with Crippen LogP contribution in [0.2, 0.25) is 0 Å². The zero-order chi connectivity index (χ0) is 28.0. The number of carbonyl (C=O) groups excluding carboxylic acids is 2. The minimum absolute atomic E-state index is 0.123. The lowest BCUT2D eigenvalue weighted by Crippen LogP contribution is -2.57. The maximum Gasteiger partial charge on any atom is 0.410 e. The van der Waals surface area contributed by atoms with Crippen LogP contribution in [-0.4, -0.2) is 92.8 Å². The quantitative estimate of drug-likeness (QED) is 0.389. The Bertz CT molecular complexity index is 1130. The van der Waals surface area contributed by atoms with Gasteiger partial charge < -0.3 is 33.5 Å². The third-order valence-electron chi connectivity index (χ3n) is 6.70. The minimum atomic E-state index is -0.794. The van der Waals surface area contributed by atoms with E-state index >= 15 is 0 Å². The van der Waals surface area contributed by atoms with Crippen LogP contribution < -0.4 is 4.74 Å². The van der Waals surface area contributed by atoms with E-state index in [-0.39, 0.29) is 25.1 Å². The second kappa shape index (κ2) is 13.0. The van der Waals surface area contributed by atoms with Gasteiger partial charge in [0.2, 0.25) is 0 Å². The summed E-state index contributed by atoms with van der Waals surface area (Å²) in [5.74, 6) is 0.676. The molecule has 0 spiro atoms. The zero-order valence-electron chi connectivity index (χ0n) is 23.8. The summed E-state index contributed by atoms with van der Waals surface area (Å²) in [4.78, 5) is 30.3. The van der Waals surface area contributed by atoms with Gasteiger partial charge in [-0.15, -0.1) is 0 Å². The number of amides is 2. The lowest BCUT2D eigenvalue weighted by molar-refractivity contribution is -0.161. The Morgan fingerprint density at radius 1 is 1.05 bits per heavy atom. The van der Waals surface area contributed by atoms with Crippen LogP contribution in [0.1, 0.15) is 45.6 Å². The van der Waals surface area contributed by atoms with E-state index in [1.807, 2.05) is 49.9 Å². The van der Waals surface area contributed by atoms with Gasteiger partial charge in [-0.25, -0.2) is 4.79 Å². The van der Waals surface area contributed by atoms with Crippen LogP contribution >= 0.6 is 0 Å². The van der Waals surface area contributed by atoms with Gasteiger partial charge in [0.05, 0.1) is 32.4 Å². The highest BCUT2D eigenvalue weighted by Crippen LogP contribution is 2.33. The Labute approximate surface area is 231 Å². The summed E-state index contributed by atoms with van der Waals surface area (Å²) in [6, 6.07) is 12.4. The van der Waals surface area contributed by atoms with E-state index in [9.17, 15) is 9.59 Å². The predicted molar refractivity (Wildman–Crippen MR) is 148 cm³/mol. The van der Waals surface area contributed by atoms with Crippen LogP contribution in [0.25, 0.3) is 10.8 Å². The Morgan fingerprint density at radius 2 is 1.82 bits per heavy atom. The molecular weight excluding hydrogens is 500 g/mol. The zero-order valence-corrected chi connectivity index (χ0v) is 23.8. The van der Waals surface area contributed by atoms with E-state index in [2.05, 4.69) is 12.1 Å². The Morgan fingerprint density at radius 3 is 2.51 bits per heavy atom. The van der Waals surface area contributed by atoms with Crippen LogP contribution in [0.3, 0.4) is 0 Å². The summed E-state index contributed by atoms with van der Waals surface area (Å²) in [6.07, 6.45) is 1.02. The van der Waals surface area contributed by atoms with Gasteiger partial charge in [0.15, 0.2) is 6.10 Å². The van der Waals surface area contributed by atoms with Gasteiger partial charge in [-0.2, -0.15) is 0 Å². The number of carbonyl (C=O) groups is 2. The van der Waals surface area contributed by atoms with Crippen LogP contribution in [0.4, 0.5) is 4.79 Å². The number of morpholine rings is 1. The van der Waals surface area contributed by atoms with E-state index in [1.54, 1.807) is 19.1 Å². The molecule has 1 aliphatic heterocycles. The van der Waals surface area contributed by atoms with E-state index in [0.29, 0.717) is 26.3 Å². The van der Waals surface area contributed by atoms with Crippen molar-refractivity contribution in [3.63, 3.8) is 0 Å². The van der Waals surface area contributed by atoms with Crippen molar-refractivity contribution in [2.45, 2.75) is 70.4 Å². The first kappa shape index (κ1) is 29.1. The molecule has 2 amide bonds. The number of nitrogens with zero attached hydrogens (tertiary/aromatic N) is 2. The molecule has 2 aromatic carbocycles.